The van der Waals surface area contributed by atoms with E-state index in [2.05, 4.69) is 48.0 Å². The van der Waals surface area contributed by atoms with Gasteiger partial charge in [-0.1, -0.05) is 30.6 Å². The number of alkyl halides is 3. The predicted molar refractivity (Wildman–Crippen MR) is 122 cm³/mol. The Kier molecular flexibility index (Phi) is 6.13. The molecule has 9 nitrogen and oxygen atoms in total. The first-order valence-electron chi connectivity index (χ1n) is 11.5. The van der Waals surface area contributed by atoms with Crippen molar-refractivity contribution in [1.82, 2.24) is 34.6 Å². The minimum atomic E-state index is -4.43. The summed E-state index contributed by atoms with van der Waals surface area (Å²) in [5.74, 6) is 2.08. The fourth-order valence-corrected chi connectivity index (χ4v) is 4.30. The van der Waals surface area contributed by atoms with E-state index in [-0.39, 0.29) is 17.4 Å². The summed E-state index contributed by atoms with van der Waals surface area (Å²) >= 11 is 0. The van der Waals surface area contributed by atoms with E-state index in [1.54, 1.807) is 10.6 Å². The van der Waals surface area contributed by atoms with Gasteiger partial charge in [-0.3, -0.25) is 4.90 Å². The summed E-state index contributed by atoms with van der Waals surface area (Å²) in [6.45, 7) is 7.06. The molecule has 184 valence electrons. The second kappa shape index (κ2) is 9.25. The van der Waals surface area contributed by atoms with Gasteiger partial charge in [0.25, 0.3) is 5.78 Å². The fourth-order valence-electron chi connectivity index (χ4n) is 4.30. The normalized spacial score (nSPS) is 16.2. The number of aryl methyl sites for hydroxylation is 1. The SMILES string of the molecule is CCCc1cc(N2CCN(C(C)c3nc(-c4cccc(C(F)(F)F)c4)no3)CC2)n2ncnc2n1. The van der Waals surface area contributed by atoms with E-state index in [4.69, 9.17) is 4.52 Å². The number of halogens is 3. The van der Waals surface area contributed by atoms with Crippen LogP contribution in [0.4, 0.5) is 19.0 Å². The van der Waals surface area contributed by atoms with Crippen LogP contribution in [0.15, 0.2) is 41.2 Å². The van der Waals surface area contributed by atoms with Crippen molar-refractivity contribution in [3.8, 4) is 11.4 Å². The van der Waals surface area contributed by atoms with Crippen LogP contribution in [0, 0.1) is 0 Å². The molecule has 1 fully saturated rings. The molecule has 0 spiro atoms. The third-order valence-electron chi connectivity index (χ3n) is 6.23. The lowest BCUT2D eigenvalue weighted by atomic mass is 10.1. The van der Waals surface area contributed by atoms with Crippen LogP contribution in [0.1, 0.15) is 43.5 Å². The highest BCUT2D eigenvalue weighted by molar-refractivity contribution is 5.55. The number of anilines is 1. The first kappa shape index (κ1) is 23.2. The van der Waals surface area contributed by atoms with Crippen molar-refractivity contribution in [2.75, 3.05) is 31.1 Å². The topological polar surface area (TPSA) is 88.5 Å². The zero-order valence-corrected chi connectivity index (χ0v) is 19.4. The number of hydrogen-bond acceptors (Lipinski definition) is 8. The van der Waals surface area contributed by atoms with Gasteiger partial charge in [-0.15, -0.1) is 0 Å². The molecule has 1 aliphatic heterocycles. The van der Waals surface area contributed by atoms with Gasteiger partial charge in [0.05, 0.1) is 11.6 Å². The molecule has 0 amide bonds. The van der Waals surface area contributed by atoms with Crippen molar-refractivity contribution in [2.24, 2.45) is 0 Å². The molecule has 0 saturated carbocycles. The molecule has 35 heavy (non-hydrogen) atoms. The van der Waals surface area contributed by atoms with Gasteiger partial charge in [-0.05, 0) is 25.5 Å². The van der Waals surface area contributed by atoms with E-state index >= 15 is 0 Å². The Morgan fingerprint density at radius 3 is 2.63 bits per heavy atom. The van der Waals surface area contributed by atoms with E-state index < -0.39 is 11.7 Å². The van der Waals surface area contributed by atoms with Crippen LogP contribution < -0.4 is 4.90 Å². The van der Waals surface area contributed by atoms with Gasteiger partial charge >= 0.3 is 6.18 Å². The van der Waals surface area contributed by atoms with Crippen LogP contribution >= 0.6 is 0 Å². The zero-order chi connectivity index (χ0) is 24.6. The van der Waals surface area contributed by atoms with Crippen molar-refractivity contribution in [3.05, 3.63) is 53.8 Å². The zero-order valence-electron chi connectivity index (χ0n) is 19.4. The molecule has 0 aliphatic carbocycles. The lowest BCUT2D eigenvalue weighted by molar-refractivity contribution is -0.137. The van der Waals surface area contributed by atoms with Crippen molar-refractivity contribution in [3.63, 3.8) is 0 Å². The Morgan fingerprint density at radius 2 is 1.89 bits per heavy atom. The van der Waals surface area contributed by atoms with E-state index in [9.17, 15) is 13.2 Å². The van der Waals surface area contributed by atoms with E-state index in [0.717, 1.165) is 62.7 Å². The molecule has 4 aromatic rings. The second-order valence-electron chi connectivity index (χ2n) is 8.56. The third-order valence-corrected chi connectivity index (χ3v) is 6.23. The van der Waals surface area contributed by atoms with Gasteiger partial charge < -0.3 is 9.42 Å². The maximum absolute atomic E-state index is 13.1. The summed E-state index contributed by atoms with van der Waals surface area (Å²) in [5, 5.41) is 8.26. The molecular formula is C23H25F3N8O. The highest BCUT2D eigenvalue weighted by Gasteiger charge is 2.31. The molecule has 0 radical (unpaired) electrons. The number of nitrogens with zero attached hydrogens (tertiary/aromatic N) is 8. The molecular weight excluding hydrogens is 461 g/mol. The number of aromatic nitrogens is 6. The maximum Gasteiger partial charge on any atom is 0.416 e. The summed E-state index contributed by atoms with van der Waals surface area (Å²) in [6.07, 6.45) is -1.05. The van der Waals surface area contributed by atoms with Crippen molar-refractivity contribution in [2.45, 2.75) is 38.9 Å². The molecule has 1 atom stereocenters. The molecule has 1 aliphatic rings. The minimum Gasteiger partial charge on any atom is -0.354 e. The summed E-state index contributed by atoms with van der Waals surface area (Å²) in [7, 11) is 0. The van der Waals surface area contributed by atoms with E-state index in [0.29, 0.717) is 11.7 Å². The largest absolute Gasteiger partial charge is 0.416 e. The van der Waals surface area contributed by atoms with Crippen LogP contribution in [-0.2, 0) is 12.6 Å². The first-order valence-corrected chi connectivity index (χ1v) is 11.5. The molecule has 1 unspecified atom stereocenters. The molecule has 3 aromatic heterocycles. The molecule has 1 aromatic carbocycles. The molecule has 1 saturated heterocycles. The Balaban J connectivity index is 1.29. The van der Waals surface area contributed by atoms with Gasteiger partial charge in [0, 0.05) is 43.5 Å². The summed E-state index contributed by atoms with van der Waals surface area (Å²) < 4.78 is 46.4. The number of fused-ring (bicyclic) bond motifs is 1. The monoisotopic (exact) mass is 486 g/mol. The molecule has 0 N–H and O–H groups in total. The average Bonchev–Trinajstić information content (AvgIpc) is 3.53. The highest BCUT2D eigenvalue weighted by Crippen LogP contribution is 2.32. The van der Waals surface area contributed by atoms with Gasteiger partial charge in [0.15, 0.2) is 0 Å². The van der Waals surface area contributed by atoms with Crippen molar-refractivity contribution < 1.29 is 17.7 Å². The van der Waals surface area contributed by atoms with Crippen LogP contribution in [0.25, 0.3) is 17.2 Å². The fraction of sp³-hybridized carbons (Fsp3) is 0.435. The molecule has 0 bridgehead atoms. The van der Waals surface area contributed by atoms with Crippen LogP contribution in [-0.4, -0.2) is 60.8 Å². The Bertz CT molecular complexity index is 1310. The summed E-state index contributed by atoms with van der Waals surface area (Å²) in [5.41, 5.74) is 0.515. The van der Waals surface area contributed by atoms with Gasteiger partial charge in [0.2, 0.25) is 11.7 Å². The first-order chi connectivity index (χ1) is 16.8. The van der Waals surface area contributed by atoms with Crippen LogP contribution in [0.3, 0.4) is 0 Å². The number of hydrogen-bond donors (Lipinski definition) is 0. The molecule has 12 heteroatoms. The quantitative estimate of drug-likeness (QED) is 0.404. The van der Waals surface area contributed by atoms with E-state index in [1.165, 1.54) is 12.4 Å². The van der Waals surface area contributed by atoms with E-state index in [1.807, 2.05) is 6.92 Å². The standard InChI is InChI=1S/C23H25F3N8O/c1-3-5-18-13-19(34-22(29-18)27-14-28-34)33-10-8-32(9-11-33)15(2)21-30-20(31-35-21)16-6-4-7-17(12-16)23(24,25)26/h4,6-7,12-15H,3,5,8-11H2,1-2H3. The average molecular weight is 487 g/mol. The second-order valence-corrected chi connectivity index (χ2v) is 8.56. The molecule has 4 heterocycles. The van der Waals surface area contributed by atoms with Gasteiger partial charge in [-0.25, -0.2) is 4.98 Å². The smallest absolute Gasteiger partial charge is 0.354 e. The lowest BCUT2D eigenvalue weighted by Gasteiger charge is -2.37. The van der Waals surface area contributed by atoms with Gasteiger partial charge in [0.1, 0.15) is 12.1 Å². The lowest BCUT2D eigenvalue weighted by Crippen LogP contribution is -2.47. The predicted octanol–water partition coefficient (Wildman–Crippen LogP) is 4.03. The Labute approximate surface area is 199 Å². The Morgan fingerprint density at radius 1 is 1.09 bits per heavy atom. The van der Waals surface area contributed by atoms with Crippen molar-refractivity contribution >= 4 is 11.6 Å². The van der Waals surface area contributed by atoms with Crippen LogP contribution in [0.2, 0.25) is 0 Å². The summed E-state index contributed by atoms with van der Waals surface area (Å²) in [4.78, 5) is 17.7. The molecule has 5 rings (SSSR count). The number of piperazine rings is 1. The number of benzene rings is 1. The summed E-state index contributed by atoms with van der Waals surface area (Å²) in [6, 6.07) is 6.83. The van der Waals surface area contributed by atoms with Gasteiger partial charge in [-0.2, -0.15) is 32.8 Å². The minimum absolute atomic E-state index is 0.144. The van der Waals surface area contributed by atoms with Crippen LogP contribution in [0.5, 0.6) is 0 Å². The number of rotatable bonds is 6. The highest BCUT2D eigenvalue weighted by atomic mass is 19.4. The van der Waals surface area contributed by atoms with Crippen molar-refractivity contribution in [1.29, 1.82) is 0 Å². The maximum atomic E-state index is 13.1. The third kappa shape index (κ3) is 4.70. The Hall–Kier alpha value is -3.54.